The van der Waals surface area contributed by atoms with Crippen LogP contribution >= 0.6 is 0 Å². The monoisotopic (exact) mass is 345 g/mol. The summed E-state index contributed by atoms with van der Waals surface area (Å²) in [6, 6.07) is 17.8. The summed E-state index contributed by atoms with van der Waals surface area (Å²) >= 11 is 0. The van der Waals surface area contributed by atoms with Crippen LogP contribution in [0.5, 0.6) is 0 Å². The fourth-order valence-electron chi connectivity index (χ4n) is 2.98. The first-order chi connectivity index (χ1) is 12.8. The second kappa shape index (κ2) is 7.27. The number of hydrogen-bond acceptors (Lipinski definition) is 3. The number of para-hydroxylation sites is 1. The predicted molar refractivity (Wildman–Crippen MR) is 100.0 cm³/mol. The molecule has 0 radical (unpaired) electrons. The number of esters is 1. The molecule has 1 N–H and O–H groups in total. The predicted octanol–water partition coefficient (Wildman–Crippen LogP) is 4.03. The van der Waals surface area contributed by atoms with Crippen molar-refractivity contribution in [3.8, 4) is 5.69 Å². The van der Waals surface area contributed by atoms with Gasteiger partial charge < -0.3 is 9.72 Å². The van der Waals surface area contributed by atoms with Crippen LogP contribution in [0.15, 0.2) is 73.2 Å². The molecule has 0 aliphatic carbocycles. The largest absolute Gasteiger partial charge is 0.461 e. The minimum Gasteiger partial charge on any atom is -0.461 e. The molecule has 0 unspecified atom stereocenters. The number of benzene rings is 2. The van der Waals surface area contributed by atoms with Gasteiger partial charge in [-0.05, 0) is 41.8 Å². The highest BCUT2D eigenvalue weighted by atomic mass is 16.5. The third kappa shape index (κ3) is 3.52. The Bertz CT molecular complexity index is 1000. The first-order valence-electron chi connectivity index (χ1n) is 8.59. The average molecular weight is 345 g/mol. The van der Waals surface area contributed by atoms with E-state index < -0.39 is 0 Å². The molecule has 0 spiro atoms. The van der Waals surface area contributed by atoms with Gasteiger partial charge in [-0.2, -0.15) is 5.10 Å². The van der Waals surface area contributed by atoms with Crippen molar-refractivity contribution in [2.24, 2.45) is 0 Å². The lowest BCUT2D eigenvalue weighted by atomic mass is 10.1. The van der Waals surface area contributed by atoms with Crippen molar-refractivity contribution in [2.45, 2.75) is 19.4 Å². The maximum absolute atomic E-state index is 12.1. The first kappa shape index (κ1) is 16.1. The third-order valence-corrected chi connectivity index (χ3v) is 4.38. The summed E-state index contributed by atoms with van der Waals surface area (Å²) in [4.78, 5) is 15.3. The van der Waals surface area contributed by atoms with Crippen LogP contribution in [0.1, 0.15) is 17.5 Å². The van der Waals surface area contributed by atoms with Crippen molar-refractivity contribution in [2.75, 3.05) is 0 Å². The first-order valence-corrected chi connectivity index (χ1v) is 8.59. The van der Waals surface area contributed by atoms with E-state index in [9.17, 15) is 4.79 Å². The minimum atomic E-state index is -0.188. The standard InChI is InChI=1S/C21H19N3O2/c25-21(11-8-17-14-22-20-5-2-1-4-19(17)20)26-15-16-6-9-18(10-7-16)24-13-3-12-23-24/h1-7,9-10,12-14,22H,8,11,15H2. The van der Waals surface area contributed by atoms with Gasteiger partial charge in [-0.25, -0.2) is 4.68 Å². The number of rotatable bonds is 6. The molecule has 5 heteroatoms. The fraction of sp³-hybridized carbons (Fsp3) is 0.143. The average Bonchev–Trinajstić information content (AvgIpc) is 3.35. The maximum Gasteiger partial charge on any atom is 0.306 e. The van der Waals surface area contributed by atoms with Crippen molar-refractivity contribution in [1.82, 2.24) is 14.8 Å². The molecule has 4 aromatic rings. The van der Waals surface area contributed by atoms with Crippen molar-refractivity contribution >= 4 is 16.9 Å². The van der Waals surface area contributed by atoms with E-state index in [2.05, 4.69) is 16.1 Å². The van der Waals surface area contributed by atoms with Gasteiger partial charge in [0, 0.05) is 35.9 Å². The number of fused-ring (bicyclic) bond motifs is 1. The van der Waals surface area contributed by atoms with Gasteiger partial charge in [-0.15, -0.1) is 0 Å². The summed E-state index contributed by atoms with van der Waals surface area (Å²) in [7, 11) is 0. The minimum absolute atomic E-state index is 0.188. The van der Waals surface area contributed by atoms with Crippen LogP contribution in [0.4, 0.5) is 0 Å². The zero-order valence-corrected chi connectivity index (χ0v) is 14.3. The van der Waals surface area contributed by atoms with Crippen molar-refractivity contribution in [3.63, 3.8) is 0 Å². The summed E-state index contributed by atoms with van der Waals surface area (Å²) in [5, 5.41) is 5.35. The van der Waals surface area contributed by atoms with Gasteiger partial charge in [-0.1, -0.05) is 30.3 Å². The Morgan fingerprint density at radius 2 is 1.92 bits per heavy atom. The molecule has 0 saturated carbocycles. The van der Waals surface area contributed by atoms with Crippen LogP contribution in [0.3, 0.4) is 0 Å². The molecule has 0 fully saturated rings. The number of H-pyrrole nitrogens is 1. The van der Waals surface area contributed by atoms with E-state index in [1.165, 1.54) is 0 Å². The maximum atomic E-state index is 12.1. The summed E-state index contributed by atoms with van der Waals surface area (Å²) in [6.45, 7) is 0.284. The second-order valence-corrected chi connectivity index (χ2v) is 6.14. The Morgan fingerprint density at radius 3 is 2.73 bits per heavy atom. The van der Waals surface area contributed by atoms with Gasteiger partial charge in [0.25, 0.3) is 0 Å². The van der Waals surface area contributed by atoms with E-state index in [0.29, 0.717) is 12.8 Å². The molecule has 26 heavy (non-hydrogen) atoms. The Balaban J connectivity index is 1.30. The van der Waals surface area contributed by atoms with Crippen molar-refractivity contribution in [1.29, 1.82) is 0 Å². The number of carbonyl (C=O) groups excluding carboxylic acids is 1. The Kier molecular flexibility index (Phi) is 4.51. The summed E-state index contributed by atoms with van der Waals surface area (Å²) in [5.41, 5.74) is 4.17. The normalized spacial score (nSPS) is 10.9. The van der Waals surface area contributed by atoms with E-state index in [1.807, 2.05) is 60.9 Å². The highest BCUT2D eigenvalue weighted by Gasteiger charge is 2.08. The van der Waals surface area contributed by atoms with E-state index in [0.717, 1.165) is 27.7 Å². The van der Waals surface area contributed by atoms with Gasteiger partial charge in [0.2, 0.25) is 0 Å². The smallest absolute Gasteiger partial charge is 0.306 e. The molecule has 0 aliphatic rings. The fourth-order valence-corrected chi connectivity index (χ4v) is 2.98. The van der Waals surface area contributed by atoms with Gasteiger partial charge in [-0.3, -0.25) is 4.79 Å². The van der Waals surface area contributed by atoms with E-state index >= 15 is 0 Å². The molecular weight excluding hydrogens is 326 g/mol. The summed E-state index contributed by atoms with van der Waals surface area (Å²) in [5.74, 6) is -0.188. The molecule has 2 aromatic carbocycles. The van der Waals surface area contributed by atoms with E-state index in [1.54, 1.807) is 10.9 Å². The van der Waals surface area contributed by atoms with Crippen LogP contribution in [0, 0.1) is 0 Å². The highest BCUT2D eigenvalue weighted by molar-refractivity contribution is 5.83. The Morgan fingerprint density at radius 1 is 1.08 bits per heavy atom. The van der Waals surface area contributed by atoms with Crippen LogP contribution in [-0.4, -0.2) is 20.7 Å². The van der Waals surface area contributed by atoms with Crippen molar-refractivity contribution < 1.29 is 9.53 Å². The summed E-state index contributed by atoms with van der Waals surface area (Å²) < 4.78 is 7.19. The lowest BCUT2D eigenvalue weighted by Gasteiger charge is -2.06. The number of aromatic nitrogens is 3. The molecule has 130 valence electrons. The van der Waals surface area contributed by atoms with Crippen molar-refractivity contribution in [3.05, 3.63) is 84.3 Å². The second-order valence-electron chi connectivity index (χ2n) is 6.14. The summed E-state index contributed by atoms with van der Waals surface area (Å²) in [6.07, 6.45) is 6.63. The number of nitrogens with one attached hydrogen (secondary N) is 1. The molecule has 0 amide bonds. The number of nitrogens with zero attached hydrogens (tertiary/aromatic N) is 2. The molecule has 5 nitrogen and oxygen atoms in total. The van der Waals surface area contributed by atoms with Gasteiger partial charge >= 0.3 is 5.97 Å². The molecule has 4 rings (SSSR count). The van der Waals surface area contributed by atoms with Crippen LogP contribution in [-0.2, 0) is 22.6 Å². The molecule has 0 saturated heterocycles. The zero-order chi connectivity index (χ0) is 17.8. The number of aryl methyl sites for hydroxylation is 1. The molecule has 2 heterocycles. The van der Waals surface area contributed by atoms with Gasteiger partial charge in [0.05, 0.1) is 5.69 Å². The SMILES string of the molecule is O=C(CCc1c[nH]c2ccccc12)OCc1ccc(-n2cccn2)cc1. The number of hydrogen-bond donors (Lipinski definition) is 1. The van der Waals surface area contributed by atoms with Crippen LogP contribution in [0.25, 0.3) is 16.6 Å². The number of aromatic amines is 1. The molecule has 2 aromatic heterocycles. The van der Waals surface area contributed by atoms with Gasteiger partial charge in [0.1, 0.15) is 6.61 Å². The zero-order valence-electron chi connectivity index (χ0n) is 14.3. The number of carbonyl (C=O) groups is 1. The quantitative estimate of drug-likeness (QED) is 0.537. The Labute approximate surface area is 151 Å². The molecule has 0 bridgehead atoms. The highest BCUT2D eigenvalue weighted by Crippen LogP contribution is 2.19. The van der Waals surface area contributed by atoms with Crippen LogP contribution < -0.4 is 0 Å². The van der Waals surface area contributed by atoms with Crippen LogP contribution in [0.2, 0.25) is 0 Å². The lowest BCUT2D eigenvalue weighted by Crippen LogP contribution is -2.06. The number of ether oxygens (including phenoxy) is 1. The van der Waals surface area contributed by atoms with E-state index in [-0.39, 0.29) is 12.6 Å². The molecule has 0 atom stereocenters. The topological polar surface area (TPSA) is 59.9 Å². The van der Waals surface area contributed by atoms with Gasteiger partial charge in [0.15, 0.2) is 0 Å². The Hall–Kier alpha value is -3.34. The molecule has 0 aliphatic heterocycles. The molecular formula is C21H19N3O2. The van der Waals surface area contributed by atoms with E-state index in [4.69, 9.17) is 4.74 Å². The lowest BCUT2D eigenvalue weighted by molar-refractivity contribution is -0.144. The third-order valence-electron chi connectivity index (χ3n) is 4.38.